The largest absolute Gasteiger partial charge is 0.357 e. The molecule has 0 spiro atoms. The van der Waals surface area contributed by atoms with Gasteiger partial charge in [0.1, 0.15) is 5.82 Å². The molecule has 0 bridgehead atoms. The molecule has 0 aliphatic heterocycles. The van der Waals surface area contributed by atoms with Gasteiger partial charge in [-0.3, -0.25) is 15.6 Å². The summed E-state index contributed by atoms with van der Waals surface area (Å²) in [5.41, 5.74) is 5.89. The number of hydrogen-bond donors (Lipinski definition) is 3. The third kappa shape index (κ3) is 4.54. The molecule has 3 N–H and O–H groups in total. The van der Waals surface area contributed by atoms with Crippen molar-refractivity contribution in [2.75, 3.05) is 0 Å². The first kappa shape index (κ1) is 14.9. The lowest BCUT2D eigenvalue weighted by atomic mass is 10.2. The molecule has 0 saturated carbocycles. The van der Waals surface area contributed by atoms with Gasteiger partial charge < -0.3 is 5.32 Å². The summed E-state index contributed by atoms with van der Waals surface area (Å²) in [5.74, 6) is -1.17. The highest BCUT2D eigenvalue weighted by Crippen LogP contribution is 2.05. The van der Waals surface area contributed by atoms with E-state index >= 15 is 0 Å². The van der Waals surface area contributed by atoms with Gasteiger partial charge in [-0.05, 0) is 29.9 Å². The molecular formula is C15H14FN3OS. The first-order valence-corrected chi connectivity index (χ1v) is 6.70. The molecule has 0 aliphatic carbocycles. The van der Waals surface area contributed by atoms with Crippen LogP contribution in [0.25, 0.3) is 0 Å². The summed E-state index contributed by atoms with van der Waals surface area (Å²) in [6.45, 7) is 0.530. The highest BCUT2D eigenvalue weighted by molar-refractivity contribution is 7.80. The summed E-state index contributed by atoms with van der Waals surface area (Å²) in [7, 11) is 0. The quantitative estimate of drug-likeness (QED) is 0.601. The van der Waals surface area contributed by atoms with Crippen molar-refractivity contribution in [3.05, 3.63) is 71.5 Å². The molecule has 0 aromatic heterocycles. The van der Waals surface area contributed by atoms with Gasteiger partial charge in [0.05, 0.1) is 5.56 Å². The Morgan fingerprint density at radius 3 is 2.38 bits per heavy atom. The molecule has 0 atom stereocenters. The lowest BCUT2D eigenvalue weighted by Gasteiger charge is -2.11. The summed E-state index contributed by atoms with van der Waals surface area (Å²) in [4.78, 5) is 11.7. The number of hydrogen-bond acceptors (Lipinski definition) is 2. The molecule has 21 heavy (non-hydrogen) atoms. The van der Waals surface area contributed by atoms with Gasteiger partial charge in [-0.25, -0.2) is 4.39 Å². The first-order chi connectivity index (χ1) is 10.2. The zero-order valence-electron chi connectivity index (χ0n) is 11.1. The van der Waals surface area contributed by atoms with Crippen molar-refractivity contribution in [1.29, 1.82) is 0 Å². The van der Waals surface area contributed by atoms with Crippen molar-refractivity contribution in [2.45, 2.75) is 6.54 Å². The summed E-state index contributed by atoms with van der Waals surface area (Å²) < 4.78 is 13.4. The van der Waals surface area contributed by atoms with Gasteiger partial charge in [-0.15, -0.1) is 0 Å². The van der Waals surface area contributed by atoms with Crippen molar-refractivity contribution in [3.63, 3.8) is 0 Å². The van der Waals surface area contributed by atoms with Crippen LogP contribution in [0.4, 0.5) is 4.39 Å². The van der Waals surface area contributed by atoms with E-state index in [2.05, 4.69) is 16.2 Å². The number of carbonyl (C=O) groups excluding carboxylic acids is 1. The van der Waals surface area contributed by atoms with E-state index in [9.17, 15) is 9.18 Å². The second kappa shape index (κ2) is 7.35. The number of rotatable bonds is 3. The molecular weight excluding hydrogens is 289 g/mol. The fourth-order valence-electron chi connectivity index (χ4n) is 1.65. The van der Waals surface area contributed by atoms with Crippen molar-refractivity contribution >= 4 is 23.2 Å². The number of halogens is 1. The van der Waals surface area contributed by atoms with E-state index in [1.165, 1.54) is 18.2 Å². The molecule has 0 fully saturated rings. The van der Waals surface area contributed by atoms with E-state index in [4.69, 9.17) is 12.2 Å². The minimum absolute atomic E-state index is 0.0455. The number of amides is 1. The second-order valence-corrected chi connectivity index (χ2v) is 4.64. The van der Waals surface area contributed by atoms with Gasteiger partial charge in [0, 0.05) is 6.54 Å². The number of nitrogens with one attached hydrogen (secondary N) is 3. The van der Waals surface area contributed by atoms with Crippen LogP contribution in [-0.4, -0.2) is 11.0 Å². The molecule has 0 aliphatic rings. The molecule has 2 rings (SSSR count). The van der Waals surface area contributed by atoms with Crippen LogP contribution < -0.4 is 16.2 Å². The van der Waals surface area contributed by atoms with Gasteiger partial charge in [-0.1, -0.05) is 42.5 Å². The van der Waals surface area contributed by atoms with Gasteiger partial charge in [0.25, 0.3) is 5.91 Å². The Kier molecular flexibility index (Phi) is 5.22. The fraction of sp³-hybridized carbons (Fsp3) is 0.0667. The van der Waals surface area contributed by atoms with Crippen molar-refractivity contribution in [2.24, 2.45) is 0 Å². The molecule has 2 aromatic carbocycles. The summed E-state index contributed by atoms with van der Waals surface area (Å²) in [5, 5.41) is 3.19. The van der Waals surface area contributed by atoms with Gasteiger partial charge in [-0.2, -0.15) is 0 Å². The fourth-order valence-corrected chi connectivity index (χ4v) is 1.77. The average molecular weight is 303 g/mol. The maximum atomic E-state index is 13.4. The second-order valence-electron chi connectivity index (χ2n) is 4.23. The summed E-state index contributed by atoms with van der Waals surface area (Å²) in [6, 6.07) is 15.4. The van der Waals surface area contributed by atoms with E-state index in [0.29, 0.717) is 6.54 Å². The number of thiocarbonyl (C=S) groups is 1. The third-order valence-electron chi connectivity index (χ3n) is 2.70. The number of benzene rings is 2. The Morgan fingerprint density at radius 1 is 1.00 bits per heavy atom. The number of carbonyl (C=O) groups is 1. The Hall–Kier alpha value is -2.47. The highest BCUT2D eigenvalue weighted by atomic mass is 32.1. The predicted molar refractivity (Wildman–Crippen MR) is 82.9 cm³/mol. The Labute approximate surface area is 127 Å². The van der Waals surface area contributed by atoms with Crippen molar-refractivity contribution in [3.8, 4) is 0 Å². The van der Waals surface area contributed by atoms with Crippen molar-refractivity contribution < 1.29 is 9.18 Å². The van der Waals surface area contributed by atoms with E-state index in [1.807, 2.05) is 30.3 Å². The third-order valence-corrected chi connectivity index (χ3v) is 2.95. The van der Waals surface area contributed by atoms with Crippen LogP contribution in [-0.2, 0) is 6.54 Å². The van der Waals surface area contributed by atoms with E-state index in [0.717, 1.165) is 5.56 Å². The lowest BCUT2D eigenvalue weighted by molar-refractivity contribution is 0.0939. The SMILES string of the molecule is O=C(NNC(=S)NCc1ccccc1)c1ccccc1F. The maximum absolute atomic E-state index is 13.4. The Morgan fingerprint density at radius 2 is 1.67 bits per heavy atom. The smallest absolute Gasteiger partial charge is 0.272 e. The van der Waals surface area contributed by atoms with Crippen LogP contribution >= 0.6 is 12.2 Å². The molecule has 108 valence electrons. The molecule has 6 heteroatoms. The van der Waals surface area contributed by atoms with E-state index in [-0.39, 0.29) is 10.7 Å². The minimum Gasteiger partial charge on any atom is -0.357 e. The van der Waals surface area contributed by atoms with Crippen LogP contribution in [0, 0.1) is 5.82 Å². The Balaban J connectivity index is 1.79. The first-order valence-electron chi connectivity index (χ1n) is 6.29. The van der Waals surface area contributed by atoms with Crippen molar-refractivity contribution in [1.82, 2.24) is 16.2 Å². The number of hydrazine groups is 1. The van der Waals surface area contributed by atoms with Gasteiger partial charge in [0.15, 0.2) is 5.11 Å². The molecule has 0 heterocycles. The minimum atomic E-state index is -0.586. The van der Waals surface area contributed by atoms with Crippen LogP contribution in [0.1, 0.15) is 15.9 Å². The Bertz CT molecular complexity index is 634. The predicted octanol–water partition coefficient (Wildman–Crippen LogP) is 2.13. The van der Waals surface area contributed by atoms with E-state index in [1.54, 1.807) is 6.07 Å². The zero-order chi connectivity index (χ0) is 15.1. The molecule has 2 aromatic rings. The molecule has 0 unspecified atom stereocenters. The normalized spacial score (nSPS) is 9.76. The highest BCUT2D eigenvalue weighted by Gasteiger charge is 2.10. The lowest BCUT2D eigenvalue weighted by Crippen LogP contribution is -2.46. The van der Waals surface area contributed by atoms with Crippen LogP contribution in [0.5, 0.6) is 0 Å². The standard InChI is InChI=1S/C15H14FN3OS/c16-13-9-5-4-8-12(13)14(20)18-19-15(21)17-10-11-6-2-1-3-7-11/h1-9H,10H2,(H,18,20)(H2,17,19,21). The van der Waals surface area contributed by atoms with Gasteiger partial charge in [0.2, 0.25) is 0 Å². The average Bonchev–Trinajstić information content (AvgIpc) is 2.52. The molecule has 0 saturated heterocycles. The molecule has 0 radical (unpaired) electrons. The zero-order valence-corrected chi connectivity index (χ0v) is 11.9. The van der Waals surface area contributed by atoms with E-state index < -0.39 is 11.7 Å². The van der Waals surface area contributed by atoms with Crippen LogP contribution in [0.15, 0.2) is 54.6 Å². The van der Waals surface area contributed by atoms with Gasteiger partial charge >= 0.3 is 0 Å². The molecule has 4 nitrogen and oxygen atoms in total. The van der Waals surface area contributed by atoms with Crippen LogP contribution in [0.2, 0.25) is 0 Å². The monoisotopic (exact) mass is 303 g/mol. The van der Waals surface area contributed by atoms with Crippen LogP contribution in [0.3, 0.4) is 0 Å². The molecule has 1 amide bonds. The maximum Gasteiger partial charge on any atom is 0.272 e. The topological polar surface area (TPSA) is 53.2 Å². The summed E-state index contributed by atoms with van der Waals surface area (Å²) in [6.07, 6.45) is 0. The summed E-state index contributed by atoms with van der Waals surface area (Å²) >= 11 is 5.02.